The summed E-state index contributed by atoms with van der Waals surface area (Å²) in [5.41, 5.74) is -0.692. The van der Waals surface area contributed by atoms with E-state index in [1.807, 2.05) is 6.92 Å². The summed E-state index contributed by atoms with van der Waals surface area (Å²) in [6.45, 7) is 3.82. The number of esters is 1. The summed E-state index contributed by atoms with van der Waals surface area (Å²) in [4.78, 5) is 11.6. The van der Waals surface area contributed by atoms with Gasteiger partial charge in [0.15, 0.2) is 0 Å². The third-order valence-electron chi connectivity index (χ3n) is 3.75. The van der Waals surface area contributed by atoms with Crippen LogP contribution < -0.4 is 5.32 Å². The van der Waals surface area contributed by atoms with Gasteiger partial charge in [0.05, 0.1) is 18.1 Å². The van der Waals surface area contributed by atoms with Gasteiger partial charge in [0.2, 0.25) is 0 Å². The van der Waals surface area contributed by atoms with Gasteiger partial charge in [-0.2, -0.15) is 0 Å². The smallest absolute Gasteiger partial charge is 0.308 e. The topological polar surface area (TPSA) is 78.8 Å². The monoisotopic (exact) mass is 273 g/mol. The molecule has 0 saturated heterocycles. The lowest BCUT2D eigenvalue weighted by Gasteiger charge is -2.35. The Morgan fingerprint density at radius 1 is 1.37 bits per heavy atom. The lowest BCUT2D eigenvalue weighted by Crippen LogP contribution is -2.44. The van der Waals surface area contributed by atoms with Crippen molar-refractivity contribution in [2.45, 2.75) is 51.0 Å². The van der Waals surface area contributed by atoms with E-state index < -0.39 is 5.60 Å². The van der Waals surface area contributed by atoms with Crippen LogP contribution in [0.1, 0.15) is 45.4 Å². The van der Waals surface area contributed by atoms with Crippen LogP contribution in [-0.2, 0) is 9.53 Å². The Morgan fingerprint density at radius 2 is 2.05 bits per heavy atom. The fourth-order valence-electron chi connectivity index (χ4n) is 2.51. The molecule has 5 nitrogen and oxygen atoms in total. The normalized spacial score (nSPS) is 27.2. The third kappa shape index (κ3) is 5.89. The molecule has 1 fully saturated rings. The van der Waals surface area contributed by atoms with Crippen molar-refractivity contribution in [1.29, 1.82) is 0 Å². The van der Waals surface area contributed by atoms with E-state index in [1.54, 1.807) is 0 Å². The van der Waals surface area contributed by atoms with E-state index in [9.17, 15) is 9.90 Å². The first-order valence-electron chi connectivity index (χ1n) is 7.32. The number of ether oxygens (including phenoxy) is 1. The maximum atomic E-state index is 11.6. The van der Waals surface area contributed by atoms with Gasteiger partial charge in [-0.25, -0.2) is 0 Å². The van der Waals surface area contributed by atoms with Crippen LogP contribution in [0.25, 0.3) is 0 Å². The molecule has 0 unspecified atom stereocenters. The summed E-state index contributed by atoms with van der Waals surface area (Å²) in [6, 6.07) is 0. The zero-order valence-electron chi connectivity index (χ0n) is 11.9. The summed E-state index contributed by atoms with van der Waals surface area (Å²) in [7, 11) is 0. The highest BCUT2D eigenvalue weighted by molar-refractivity contribution is 5.72. The van der Waals surface area contributed by atoms with Crippen LogP contribution in [0.15, 0.2) is 0 Å². The number of nitrogens with one attached hydrogen (secondary N) is 1. The van der Waals surface area contributed by atoms with Crippen LogP contribution >= 0.6 is 0 Å². The second-order valence-electron chi connectivity index (χ2n) is 5.36. The summed E-state index contributed by atoms with van der Waals surface area (Å²) in [6.07, 6.45) is 4.39. The summed E-state index contributed by atoms with van der Waals surface area (Å²) in [5, 5.41) is 22.3. The van der Waals surface area contributed by atoms with Crippen molar-refractivity contribution < 1.29 is 19.7 Å². The molecule has 0 radical (unpaired) electrons. The highest BCUT2D eigenvalue weighted by Gasteiger charge is 2.35. The molecule has 0 aromatic rings. The molecular weight excluding hydrogens is 246 g/mol. The number of hydrogen-bond donors (Lipinski definition) is 3. The van der Waals surface area contributed by atoms with Gasteiger partial charge in [0, 0.05) is 13.2 Å². The van der Waals surface area contributed by atoms with Crippen molar-refractivity contribution in [3.8, 4) is 0 Å². The Bertz CT molecular complexity index is 262. The van der Waals surface area contributed by atoms with Gasteiger partial charge < -0.3 is 20.3 Å². The number of aliphatic hydroxyl groups excluding tert-OH is 1. The lowest BCUT2D eigenvalue weighted by atomic mass is 9.79. The molecule has 0 aliphatic heterocycles. The highest BCUT2D eigenvalue weighted by Crippen LogP contribution is 2.32. The van der Waals surface area contributed by atoms with E-state index in [-0.39, 0.29) is 18.5 Å². The second kappa shape index (κ2) is 8.51. The third-order valence-corrected chi connectivity index (χ3v) is 3.75. The standard InChI is InChI=1S/C14H27NO4/c1-2-19-13(17)12-5-7-14(18,8-6-12)11-15-9-3-4-10-16/h12,15-16,18H,2-11H2,1H3. The molecule has 0 spiro atoms. The Kier molecular flexibility index (Phi) is 7.34. The van der Waals surface area contributed by atoms with Crippen molar-refractivity contribution in [3.63, 3.8) is 0 Å². The average Bonchev–Trinajstić information content (AvgIpc) is 2.39. The molecule has 0 aromatic heterocycles. The second-order valence-corrected chi connectivity index (χ2v) is 5.36. The van der Waals surface area contributed by atoms with E-state index in [0.717, 1.165) is 19.4 Å². The molecule has 0 atom stereocenters. The number of carbonyl (C=O) groups excluding carboxylic acids is 1. The van der Waals surface area contributed by atoms with E-state index in [1.165, 1.54) is 0 Å². The SMILES string of the molecule is CCOC(=O)C1CCC(O)(CNCCCCO)CC1. The number of unbranched alkanes of at least 4 members (excludes halogenated alkanes) is 1. The molecule has 0 aromatic carbocycles. The maximum Gasteiger partial charge on any atom is 0.308 e. The minimum absolute atomic E-state index is 0.0467. The Balaban J connectivity index is 2.21. The molecule has 3 N–H and O–H groups in total. The first kappa shape index (κ1) is 16.4. The average molecular weight is 273 g/mol. The summed E-state index contributed by atoms with van der Waals surface area (Å²) < 4.78 is 5.02. The zero-order valence-corrected chi connectivity index (χ0v) is 11.9. The number of hydrogen-bond acceptors (Lipinski definition) is 5. The predicted octanol–water partition coefficient (Wildman–Crippen LogP) is 0.833. The minimum Gasteiger partial charge on any atom is -0.466 e. The van der Waals surface area contributed by atoms with Crippen molar-refractivity contribution >= 4 is 5.97 Å². The largest absolute Gasteiger partial charge is 0.466 e. The molecule has 5 heteroatoms. The summed E-state index contributed by atoms with van der Waals surface area (Å²) in [5.74, 6) is -0.171. The number of carbonyl (C=O) groups is 1. The fourth-order valence-corrected chi connectivity index (χ4v) is 2.51. The van der Waals surface area contributed by atoms with E-state index in [4.69, 9.17) is 9.84 Å². The van der Waals surface area contributed by atoms with Crippen LogP contribution in [-0.4, -0.2) is 48.1 Å². The van der Waals surface area contributed by atoms with Crippen molar-refractivity contribution in [2.24, 2.45) is 5.92 Å². The van der Waals surface area contributed by atoms with Crippen LogP contribution in [0.5, 0.6) is 0 Å². The highest BCUT2D eigenvalue weighted by atomic mass is 16.5. The van der Waals surface area contributed by atoms with Gasteiger partial charge >= 0.3 is 5.97 Å². The van der Waals surface area contributed by atoms with Gasteiger partial charge in [-0.05, 0) is 52.0 Å². The van der Waals surface area contributed by atoms with Crippen molar-refractivity contribution in [2.75, 3.05) is 26.3 Å². The van der Waals surface area contributed by atoms with E-state index >= 15 is 0 Å². The van der Waals surface area contributed by atoms with Crippen molar-refractivity contribution in [3.05, 3.63) is 0 Å². The van der Waals surface area contributed by atoms with Crippen LogP contribution in [0.2, 0.25) is 0 Å². The Morgan fingerprint density at radius 3 is 2.63 bits per heavy atom. The first-order chi connectivity index (χ1) is 9.11. The molecule has 1 rings (SSSR count). The van der Waals surface area contributed by atoms with Crippen LogP contribution in [0.4, 0.5) is 0 Å². The van der Waals surface area contributed by atoms with Gasteiger partial charge in [-0.1, -0.05) is 0 Å². The fraction of sp³-hybridized carbons (Fsp3) is 0.929. The zero-order chi connectivity index (χ0) is 14.1. The van der Waals surface area contributed by atoms with Crippen molar-refractivity contribution in [1.82, 2.24) is 5.32 Å². The molecular formula is C14H27NO4. The van der Waals surface area contributed by atoms with Crippen LogP contribution in [0, 0.1) is 5.92 Å². The molecule has 1 aliphatic rings. The van der Waals surface area contributed by atoms with Gasteiger partial charge in [0.1, 0.15) is 0 Å². The maximum absolute atomic E-state index is 11.6. The number of rotatable bonds is 8. The molecule has 1 aliphatic carbocycles. The van der Waals surface area contributed by atoms with Crippen LogP contribution in [0.3, 0.4) is 0 Å². The van der Waals surface area contributed by atoms with Gasteiger partial charge in [-0.15, -0.1) is 0 Å². The molecule has 1 saturated carbocycles. The predicted molar refractivity (Wildman–Crippen MR) is 72.7 cm³/mol. The number of aliphatic hydroxyl groups is 2. The summed E-state index contributed by atoms with van der Waals surface area (Å²) >= 11 is 0. The van der Waals surface area contributed by atoms with Gasteiger partial charge in [-0.3, -0.25) is 4.79 Å². The Hall–Kier alpha value is -0.650. The van der Waals surface area contributed by atoms with Gasteiger partial charge in [0.25, 0.3) is 0 Å². The molecule has 0 amide bonds. The molecule has 0 heterocycles. The molecule has 0 bridgehead atoms. The first-order valence-corrected chi connectivity index (χ1v) is 7.32. The molecule has 19 heavy (non-hydrogen) atoms. The minimum atomic E-state index is -0.692. The lowest BCUT2D eigenvalue weighted by molar-refractivity contribution is -0.151. The molecule has 112 valence electrons. The van der Waals surface area contributed by atoms with E-state index in [2.05, 4.69) is 5.32 Å². The Labute approximate surface area is 115 Å². The van der Waals surface area contributed by atoms with E-state index in [0.29, 0.717) is 38.8 Å². The quantitative estimate of drug-likeness (QED) is 0.451.